The number of nitrogens with zero attached hydrogens (tertiary/aromatic N) is 3. The van der Waals surface area contributed by atoms with Crippen molar-refractivity contribution in [2.75, 3.05) is 0 Å². The highest BCUT2D eigenvalue weighted by molar-refractivity contribution is 6.33. The number of aliphatic hydroxyl groups is 1. The maximum absolute atomic E-state index is 11.2. The Morgan fingerprint density at radius 2 is 1.93 bits per heavy atom. The van der Waals surface area contributed by atoms with E-state index in [1.165, 1.54) is 17.5 Å². The molecule has 0 saturated carbocycles. The molecule has 4 heterocycles. The number of aromatic nitrogens is 3. The van der Waals surface area contributed by atoms with E-state index in [1.54, 1.807) is 0 Å². The van der Waals surface area contributed by atoms with E-state index in [-0.39, 0.29) is 0 Å². The van der Waals surface area contributed by atoms with Crippen molar-refractivity contribution in [3.05, 3.63) is 58.6 Å². The molecule has 7 nitrogen and oxygen atoms in total. The molecule has 1 aromatic carbocycles. The highest BCUT2D eigenvalue weighted by atomic mass is 35.5. The molecule has 3 aliphatic rings. The van der Waals surface area contributed by atoms with Crippen molar-refractivity contribution < 1.29 is 19.3 Å². The third kappa shape index (κ3) is 2.73. The van der Waals surface area contributed by atoms with Crippen LogP contribution in [0, 0.1) is 0 Å². The maximum atomic E-state index is 11.2. The summed E-state index contributed by atoms with van der Waals surface area (Å²) in [6, 6.07) is 8.01. The van der Waals surface area contributed by atoms with Gasteiger partial charge in [0.25, 0.3) is 0 Å². The molecule has 3 aromatic rings. The molecule has 1 unspecified atom stereocenters. The van der Waals surface area contributed by atoms with E-state index in [4.69, 9.17) is 25.8 Å². The second kappa shape index (κ2) is 6.48. The number of rotatable bonds is 3. The predicted molar refractivity (Wildman–Crippen MR) is 109 cm³/mol. The zero-order valence-corrected chi connectivity index (χ0v) is 17.4. The molecule has 2 aromatic heterocycles. The van der Waals surface area contributed by atoms with Gasteiger partial charge in [0.15, 0.2) is 12.0 Å². The minimum absolute atomic E-state index is 0.385. The van der Waals surface area contributed by atoms with Crippen molar-refractivity contribution in [1.82, 2.24) is 14.5 Å². The fourth-order valence-corrected chi connectivity index (χ4v) is 5.01. The molecular formula is C22H22ClN3O4. The van der Waals surface area contributed by atoms with Crippen molar-refractivity contribution in [3.63, 3.8) is 0 Å². The molecule has 156 valence electrons. The van der Waals surface area contributed by atoms with E-state index in [9.17, 15) is 5.11 Å². The fraction of sp³-hybridized carbons (Fsp3) is 0.455. The second-order valence-electron chi connectivity index (χ2n) is 8.65. The lowest BCUT2D eigenvalue weighted by Gasteiger charge is -2.28. The summed E-state index contributed by atoms with van der Waals surface area (Å²) in [6.07, 6.45) is 2.73. The molecule has 1 aliphatic carbocycles. The summed E-state index contributed by atoms with van der Waals surface area (Å²) in [5.74, 6) is -0.772. The van der Waals surface area contributed by atoms with Crippen molar-refractivity contribution in [1.29, 1.82) is 0 Å². The number of hydrogen-bond acceptors (Lipinski definition) is 6. The Bertz CT molecular complexity index is 1150. The smallest absolute Gasteiger partial charge is 0.164 e. The van der Waals surface area contributed by atoms with Gasteiger partial charge in [0, 0.05) is 6.20 Å². The molecule has 30 heavy (non-hydrogen) atoms. The molecule has 0 radical (unpaired) electrons. The van der Waals surface area contributed by atoms with Crippen molar-refractivity contribution >= 4 is 22.6 Å². The molecule has 2 aliphatic heterocycles. The van der Waals surface area contributed by atoms with Gasteiger partial charge in [-0.15, -0.1) is 0 Å². The molecular weight excluding hydrogens is 406 g/mol. The molecule has 1 N–H and O–H groups in total. The van der Waals surface area contributed by atoms with Gasteiger partial charge in [0.1, 0.15) is 41.5 Å². The average molecular weight is 428 g/mol. The number of ether oxygens (including phenoxy) is 3. The summed E-state index contributed by atoms with van der Waals surface area (Å²) in [5.41, 5.74) is 4.15. The number of aliphatic hydroxyl groups excluding tert-OH is 1. The first-order valence-corrected chi connectivity index (χ1v) is 10.6. The third-order valence-corrected chi connectivity index (χ3v) is 6.65. The number of aryl methyl sites for hydroxylation is 2. The van der Waals surface area contributed by atoms with Crippen LogP contribution in [0.3, 0.4) is 0 Å². The van der Waals surface area contributed by atoms with Gasteiger partial charge in [-0.2, -0.15) is 0 Å². The van der Waals surface area contributed by atoms with Crippen LogP contribution < -0.4 is 0 Å². The van der Waals surface area contributed by atoms with Crippen LogP contribution in [-0.2, 0) is 27.1 Å². The van der Waals surface area contributed by atoms with Gasteiger partial charge in [0.2, 0.25) is 0 Å². The minimum Gasteiger partial charge on any atom is -0.386 e. The summed E-state index contributed by atoms with van der Waals surface area (Å²) in [6.45, 7) is 3.76. The monoisotopic (exact) mass is 427 g/mol. The molecule has 2 fully saturated rings. The maximum Gasteiger partial charge on any atom is 0.164 e. The van der Waals surface area contributed by atoms with Crippen LogP contribution in [0.5, 0.6) is 0 Å². The van der Waals surface area contributed by atoms with E-state index in [1.807, 2.05) is 36.7 Å². The van der Waals surface area contributed by atoms with Gasteiger partial charge in [-0.25, -0.2) is 9.97 Å². The number of halogens is 1. The SMILES string of the molecule is CC1(C)O[C@@H]2[C@H](O1)[C@@H](C(O)c1ccc3c(c1)CC3)O[C@H]2n1ccc2c(Cl)ncnc21. The molecule has 0 spiro atoms. The van der Waals surface area contributed by atoms with Crippen LogP contribution in [-0.4, -0.2) is 43.7 Å². The van der Waals surface area contributed by atoms with E-state index in [0.29, 0.717) is 10.8 Å². The summed E-state index contributed by atoms with van der Waals surface area (Å²) in [4.78, 5) is 8.43. The quantitative estimate of drug-likeness (QED) is 0.646. The van der Waals surface area contributed by atoms with Gasteiger partial charge in [-0.1, -0.05) is 29.8 Å². The Morgan fingerprint density at radius 3 is 2.70 bits per heavy atom. The standard InChI is InChI=1S/C22H22ClN3O4/c1-22(2)29-17-16(15(27)13-6-4-11-3-5-12(11)9-13)28-21(18(17)30-22)26-8-7-14-19(23)24-10-25-20(14)26/h4,6-10,15-18,21,27H,3,5H2,1-2H3/t15?,16-,17-,18-,21-/m1/s1. The first-order valence-electron chi connectivity index (χ1n) is 10.2. The highest BCUT2D eigenvalue weighted by Gasteiger charge is 2.58. The zero-order valence-electron chi connectivity index (χ0n) is 16.7. The normalized spacial score (nSPS) is 30.1. The Hall–Kier alpha value is -2.03. The third-order valence-electron chi connectivity index (χ3n) is 6.35. The predicted octanol–water partition coefficient (Wildman–Crippen LogP) is 3.33. The van der Waals surface area contributed by atoms with Crippen LogP contribution in [0.2, 0.25) is 5.15 Å². The number of fused-ring (bicyclic) bond motifs is 3. The number of hydrogen-bond donors (Lipinski definition) is 1. The van der Waals surface area contributed by atoms with E-state index in [2.05, 4.69) is 22.1 Å². The van der Waals surface area contributed by atoms with Crippen LogP contribution in [0.1, 0.15) is 42.9 Å². The topological polar surface area (TPSA) is 78.6 Å². The van der Waals surface area contributed by atoms with Gasteiger partial charge < -0.3 is 23.9 Å². The fourth-order valence-electron chi connectivity index (χ4n) is 4.82. The first kappa shape index (κ1) is 18.7. The zero-order chi connectivity index (χ0) is 20.6. The van der Waals surface area contributed by atoms with Crippen LogP contribution in [0.25, 0.3) is 11.0 Å². The lowest BCUT2D eigenvalue weighted by Crippen LogP contribution is -2.34. The van der Waals surface area contributed by atoms with Crippen molar-refractivity contribution in [2.24, 2.45) is 0 Å². The first-order chi connectivity index (χ1) is 14.4. The molecule has 0 bridgehead atoms. The van der Waals surface area contributed by atoms with E-state index >= 15 is 0 Å². The van der Waals surface area contributed by atoms with Gasteiger partial charge in [0.05, 0.1) is 5.39 Å². The van der Waals surface area contributed by atoms with Gasteiger partial charge >= 0.3 is 0 Å². The van der Waals surface area contributed by atoms with E-state index in [0.717, 1.165) is 23.8 Å². The molecule has 0 amide bonds. The lowest BCUT2D eigenvalue weighted by molar-refractivity contribution is -0.207. The lowest BCUT2D eigenvalue weighted by atomic mass is 9.85. The Kier molecular flexibility index (Phi) is 4.04. The molecule has 2 saturated heterocycles. The summed E-state index contributed by atoms with van der Waals surface area (Å²) < 4.78 is 20.6. The molecule has 6 rings (SSSR count). The van der Waals surface area contributed by atoms with Crippen LogP contribution in [0.4, 0.5) is 0 Å². The Morgan fingerprint density at radius 1 is 1.13 bits per heavy atom. The second-order valence-corrected chi connectivity index (χ2v) is 9.01. The largest absolute Gasteiger partial charge is 0.386 e. The highest BCUT2D eigenvalue weighted by Crippen LogP contribution is 2.47. The Balaban J connectivity index is 1.38. The average Bonchev–Trinajstić information content (AvgIpc) is 3.33. The van der Waals surface area contributed by atoms with Gasteiger partial charge in [-0.3, -0.25) is 0 Å². The summed E-state index contributed by atoms with van der Waals surface area (Å²) in [7, 11) is 0. The molecule has 5 atom stereocenters. The van der Waals surface area contributed by atoms with Crippen molar-refractivity contribution in [2.45, 2.75) is 63.1 Å². The van der Waals surface area contributed by atoms with Gasteiger partial charge in [-0.05, 0) is 49.4 Å². The molecule has 8 heteroatoms. The minimum atomic E-state index is -0.828. The summed E-state index contributed by atoms with van der Waals surface area (Å²) >= 11 is 6.22. The van der Waals surface area contributed by atoms with Crippen molar-refractivity contribution in [3.8, 4) is 0 Å². The van der Waals surface area contributed by atoms with Crippen LogP contribution >= 0.6 is 11.6 Å². The summed E-state index contributed by atoms with van der Waals surface area (Å²) in [5, 5.41) is 12.4. The van der Waals surface area contributed by atoms with E-state index < -0.39 is 36.4 Å². The Labute approximate surface area is 178 Å². The number of benzene rings is 1. The van der Waals surface area contributed by atoms with Crippen LogP contribution in [0.15, 0.2) is 36.8 Å².